The Morgan fingerprint density at radius 3 is 2.45 bits per heavy atom. The standard InChI is InChI=1S/C18H24N2OS/c1-3-20(4-2)16(18-11-8-12-22-18)13-19-14-17(21)15-9-6-5-7-10-15/h5-12,16,19H,3-4,13-14H2,1-2H3. The van der Waals surface area contributed by atoms with Gasteiger partial charge in [-0.2, -0.15) is 0 Å². The average molecular weight is 316 g/mol. The summed E-state index contributed by atoms with van der Waals surface area (Å²) in [7, 11) is 0. The van der Waals surface area contributed by atoms with Gasteiger partial charge in [-0.25, -0.2) is 0 Å². The third kappa shape index (κ3) is 4.50. The lowest BCUT2D eigenvalue weighted by Crippen LogP contribution is -2.37. The van der Waals surface area contributed by atoms with E-state index in [1.165, 1.54) is 4.88 Å². The zero-order valence-corrected chi connectivity index (χ0v) is 14.1. The number of nitrogens with one attached hydrogen (secondary N) is 1. The van der Waals surface area contributed by atoms with Gasteiger partial charge in [-0.05, 0) is 24.5 Å². The zero-order chi connectivity index (χ0) is 15.8. The van der Waals surface area contributed by atoms with Gasteiger partial charge in [0.25, 0.3) is 0 Å². The first-order chi connectivity index (χ1) is 10.8. The van der Waals surface area contributed by atoms with Crippen LogP contribution in [0.3, 0.4) is 0 Å². The van der Waals surface area contributed by atoms with Crippen LogP contribution in [0.25, 0.3) is 0 Å². The fraction of sp³-hybridized carbons (Fsp3) is 0.389. The van der Waals surface area contributed by atoms with Crippen LogP contribution in [0.1, 0.15) is 35.1 Å². The molecule has 1 aromatic carbocycles. The van der Waals surface area contributed by atoms with E-state index in [0.29, 0.717) is 12.6 Å². The summed E-state index contributed by atoms with van der Waals surface area (Å²) in [5.74, 6) is 0.144. The molecule has 118 valence electrons. The van der Waals surface area contributed by atoms with Crippen LogP contribution < -0.4 is 5.32 Å². The van der Waals surface area contributed by atoms with Crippen LogP contribution in [0.2, 0.25) is 0 Å². The second kappa shape index (κ2) is 8.83. The van der Waals surface area contributed by atoms with Gasteiger partial charge >= 0.3 is 0 Å². The second-order valence-electron chi connectivity index (χ2n) is 5.17. The molecule has 1 unspecified atom stereocenters. The molecule has 0 bridgehead atoms. The minimum atomic E-state index is 0.144. The summed E-state index contributed by atoms with van der Waals surface area (Å²) in [6, 6.07) is 14.1. The van der Waals surface area contributed by atoms with Crippen molar-refractivity contribution in [3.8, 4) is 0 Å². The van der Waals surface area contributed by atoms with E-state index >= 15 is 0 Å². The first kappa shape index (κ1) is 16.9. The van der Waals surface area contributed by atoms with Gasteiger partial charge in [-0.3, -0.25) is 9.69 Å². The Labute approximate surface area is 137 Å². The highest BCUT2D eigenvalue weighted by Gasteiger charge is 2.18. The largest absolute Gasteiger partial charge is 0.308 e. The maximum Gasteiger partial charge on any atom is 0.176 e. The number of benzene rings is 1. The predicted octanol–water partition coefficient (Wildman–Crippen LogP) is 3.60. The summed E-state index contributed by atoms with van der Waals surface area (Å²) in [4.78, 5) is 15.9. The van der Waals surface area contributed by atoms with Gasteiger partial charge in [0.2, 0.25) is 0 Å². The molecule has 3 nitrogen and oxygen atoms in total. The molecule has 0 spiro atoms. The molecule has 1 N–H and O–H groups in total. The third-order valence-electron chi connectivity index (χ3n) is 3.84. The van der Waals surface area contributed by atoms with Gasteiger partial charge in [0.15, 0.2) is 5.78 Å². The van der Waals surface area contributed by atoms with E-state index in [9.17, 15) is 4.79 Å². The van der Waals surface area contributed by atoms with Crippen molar-refractivity contribution >= 4 is 17.1 Å². The van der Waals surface area contributed by atoms with Crippen LogP contribution in [-0.2, 0) is 0 Å². The van der Waals surface area contributed by atoms with Crippen molar-refractivity contribution in [1.82, 2.24) is 10.2 Å². The monoisotopic (exact) mass is 316 g/mol. The molecule has 0 aliphatic carbocycles. The van der Waals surface area contributed by atoms with Crippen molar-refractivity contribution in [2.24, 2.45) is 0 Å². The normalized spacial score (nSPS) is 12.5. The highest BCUT2D eigenvalue weighted by Crippen LogP contribution is 2.24. The number of Topliss-reactive ketones (excluding diaryl/α,β-unsaturated/α-hetero) is 1. The number of thiophene rings is 1. The van der Waals surface area contributed by atoms with Gasteiger partial charge < -0.3 is 5.32 Å². The molecule has 0 saturated heterocycles. The Hall–Kier alpha value is -1.49. The van der Waals surface area contributed by atoms with Crippen LogP contribution in [0.4, 0.5) is 0 Å². The van der Waals surface area contributed by atoms with E-state index < -0.39 is 0 Å². The molecule has 0 fully saturated rings. The van der Waals surface area contributed by atoms with Crippen LogP contribution in [0.15, 0.2) is 47.8 Å². The van der Waals surface area contributed by atoms with E-state index in [4.69, 9.17) is 0 Å². The summed E-state index contributed by atoms with van der Waals surface area (Å²) in [6.45, 7) is 7.55. The zero-order valence-electron chi connectivity index (χ0n) is 13.3. The van der Waals surface area contributed by atoms with Crippen LogP contribution >= 0.6 is 11.3 Å². The van der Waals surface area contributed by atoms with Gasteiger partial charge in [0.1, 0.15) is 0 Å². The van der Waals surface area contributed by atoms with E-state index in [-0.39, 0.29) is 5.78 Å². The minimum absolute atomic E-state index is 0.144. The van der Waals surface area contributed by atoms with Crippen molar-refractivity contribution in [2.45, 2.75) is 19.9 Å². The van der Waals surface area contributed by atoms with E-state index in [1.807, 2.05) is 30.3 Å². The lowest BCUT2D eigenvalue weighted by molar-refractivity contribution is 0.0987. The summed E-state index contributed by atoms with van der Waals surface area (Å²) >= 11 is 1.78. The summed E-state index contributed by atoms with van der Waals surface area (Å²) in [5.41, 5.74) is 0.769. The van der Waals surface area contributed by atoms with Gasteiger partial charge in [-0.1, -0.05) is 50.2 Å². The van der Waals surface area contributed by atoms with Gasteiger partial charge in [-0.15, -0.1) is 11.3 Å². The number of carbonyl (C=O) groups is 1. The molecule has 4 heteroatoms. The maximum absolute atomic E-state index is 12.1. The molecule has 22 heavy (non-hydrogen) atoms. The topological polar surface area (TPSA) is 32.3 Å². The molecular weight excluding hydrogens is 292 g/mol. The van der Waals surface area contributed by atoms with E-state index in [0.717, 1.165) is 25.2 Å². The highest BCUT2D eigenvalue weighted by atomic mass is 32.1. The fourth-order valence-corrected chi connectivity index (χ4v) is 3.46. The lowest BCUT2D eigenvalue weighted by atomic mass is 10.1. The van der Waals surface area contributed by atoms with Crippen LogP contribution in [0.5, 0.6) is 0 Å². The molecule has 0 radical (unpaired) electrons. The van der Waals surface area contributed by atoms with Crippen molar-refractivity contribution in [2.75, 3.05) is 26.2 Å². The van der Waals surface area contributed by atoms with Gasteiger partial charge in [0.05, 0.1) is 12.6 Å². The van der Waals surface area contributed by atoms with E-state index in [1.54, 1.807) is 11.3 Å². The first-order valence-electron chi connectivity index (χ1n) is 7.82. The molecule has 0 aliphatic rings. The quantitative estimate of drug-likeness (QED) is 0.717. The smallest absolute Gasteiger partial charge is 0.176 e. The maximum atomic E-state index is 12.1. The number of likely N-dealkylation sites (N-methyl/N-ethyl adjacent to an activating group) is 1. The Kier molecular flexibility index (Phi) is 6.77. The van der Waals surface area contributed by atoms with Gasteiger partial charge in [0, 0.05) is 17.0 Å². The van der Waals surface area contributed by atoms with Crippen molar-refractivity contribution in [3.05, 3.63) is 58.3 Å². The molecule has 0 saturated carbocycles. The predicted molar refractivity (Wildman–Crippen MR) is 93.6 cm³/mol. The molecule has 1 heterocycles. The molecule has 1 aromatic heterocycles. The van der Waals surface area contributed by atoms with Crippen LogP contribution in [0, 0.1) is 0 Å². The Morgan fingerprint density at radius 1 is 1.14 bits per heavy atom. The number of hydrogen-bond acceptors (Lipinski definition) is 4. The van der Waals surface area contributed by atoms with Crippen molar-refractivity contribution in [1.29, 1.82) is 0 Å². The molecular formula is C18H24N2OS. The minimum Gasteiger partial charge on any atom is -0.308 e. The number of rotatable bonds is 9. The van der Waals surface area contributed by atoms with E-state index in [2.05, 4.69) is 41.6 Å². The van der Waals surface area contributed by atoms with Crippen molar-refractivity contribution in [3.63, 3.8) is 0 Å². The average Bonchev–Trinajstić information content (AvgIpc) is 3.09. The molecule has 0 amide bonds. The lowest BCUT2D eigenvalue weighted by Gasteiger charge is -2.29. The first-order valence-corrected chi connectivity index (χ1v) is 8.70. The second-order valence-corrected chi connectivity index (χ2v) is 6.15. The van der Waals surface area contributed by atoms with Crippen molar-refractivity contribution < 1.29 is 4.79 Å². The number of hydrogen-bond donors (Lipinski definition) is 1. The molecule has 1 atom stereocenters. The molecule has 0 aliphatic heterocycles. The third-order valence-corrected chi connectivity index (χ3v) is 4.82. The van der Waals surface area contributed by atoms with Crippen LogP contribution in [-0.4, -0.2) is 36.9 Å². The molecule has 2 aromatic rings. The molecule has 2 rings (SSSR count). The summed E-state index contributed by atoms with van der Waals surface area (Å²) in [5, 5.41) is 5.45. The SMILES string of the molecule is CCN(CC)C(CNCC(=O)c1ccccc1)c1cccs1. The number of nitrogens with zero attached hydrogens (tertiary/aromatic N) is 1. The number of carbonyl (C=O) groups excluding carboxylic acids is 1. The summed E-state index contributed by atoms with van der Waals surface area (Å²) in [6.07, 6.45) is 0. The summed E-state index contributed by atoms with van der Waals surface area (Å²) < 4.78 is 0. The number of ketones is 1. The Morgan fingerprint density at radius 2 is 1.86 bits per heavy atom. The Balaban J connectivity index is 1.93. The fourth-order valence-electron chi connectivity index (χ4n) is 2.60. The highest BCUT2D eigenvalue weighted by molar-refractivity contribution is 7.10. The Bertz CT molecular complexity index is 550.